The molecule has 0 unspecified atom stereocenters. The predicted molar refractivity (Wildman–Crippen MR) is 81.5 cm³/mol. The van der Waals surface area contributed by atoms with Gasteiger partial charge in [-0.25, -0.2) is 9.59 Å². The van der Waals surface area contributed by atoms with Crippen LogP contribution in [0, 0.1) is 0 Å². The number of hydrogen-bond donors (Lipinski definition) is 1. The number of piperazine rings is 1. The number of benzene rings is 1. The number of methoxy groups -OCH3 is 2. The third-order valence-corrected chi connectivity index (χ3v) is 3.24. The van der Waals surface area contributed by atoms with E-state index in [1.165, 1.54) is 20.3 Å². The molecule has 0 atom stereocenters. The number of esters is 2. The number of halogens is 1. The van der Waals surface area contributed by atoms with Crippen LogP contribution in [0.3, 0.4) is 0 Å². The maximum Gasteiger partial charge on any atom is 0.337 e. The lowest BCUT2D eigenvalue weighted by atomic mass is 10.1. The number of nitrogens with zero attached hydrogens (tertiary/aromatic N) is 1. The maximum atomic E-state index is 11.7. The highest BCUT2D eigenvalue weighted by Gasteiger charge is 2.17. The first-order valence-electron chi connectivity index (χ1n) is 6.43. The second kappa shape index (κ2) is 7.85. The van der Waals surface area contributed by atoms with Crippen molar-refractivity contribution in [2.24, 2.45) is 0 Å². The fourth-order valence-corrected chi connectivity index (χ4v) is 2.19. The number of rotatable bonds is 3. The van der Waals surface area contributed by atoms with Gasteiger partial charge in [0.2, 0.25) is 0 Å². The van der Waals surface area contributed by atoms with Gasteiger partial charge in [-0.05, 0) is 18.2 Å². The number of ether oxygens (including phenoxy) is 2. The summed E-state index contributed by atoms with van der Waals surface area (Å²) in [4.78, 5) is 25.5. The monoisotopic (exact) mass is 314 g/mol. The highest BCUT2D eigenvalue weighted by molar-refractivity contribution is 5.97. The molecule has 1 heterocycles. The Bertz CT molecular complexity index is 481. The molecule has 1 aromatic carbocycles. The van der Waals surface area contributed by atoms with Gasteiger partial charge in [-0.1, -0.05) is 0 Å². The van der Waals surface area contributed by atoms with Crippen LogP contribution in [0.2, 0.25) is 0 Å². The lowest BCUT2D eigenvalue weighted by Gasteiger charge is -2.30. The van der Waals surface area contributed by atoms with Gasteiger partial charge in [0.05, 0.1) is 25.3 Å². The van der Waals surface area contributed by atoms with Gasteiger partial charge in [0.1, 0.15) is 0 Å². The van der Waals surface area contributed by atoms with Crippen LogP contribution in [-0.2, 0) is 9.47 Å². The highest BCUT2D eigenvalue weighted by Crippen LogP contribution is 2.21. The van der Waals surface area contributed by atoms with Crippen molar-refractivity contribution in [3.8, 4) is 0 Å². The van der Waals surface area contributed by atoms with E-state index in [1.807, 2.05) is 0 Å². The summed E-state index contributed by atoms with van der Waals surface area (Å²) in [6, 6.07) is 4.97. The zero-order chi connectivity index (χ0) is 14.5. The minimum Gasteiger partial charge on any atom is -0.465 e. The van der Waals surface area contributed by atoms with Crippen molar-refractivity contribution < 1.29 is 19.1 Å². The molecule has 1 aromatic rings. The van der Waals surface area contributed by atoms with Crippen LogP contribution < -0.4 is 10.2 Å². The zero-order valence-electron chi connectivity index (χ0n) is 12.0. The normalized spacial score (nSPS) is 14.1. The second-order valence-corrected chi connectivity index (χ2v) is 4.49. The van der Waals surface area contributed by atoms with E-state index in [1.54, 1.807) is 12.1 Å². The minimum absolute atomic E-state index is 0. The summed E-state index contributed by atoms with van der Waals surface area (Å²) in [7, 11) is 2.63. The van der Waals surface area contributed by atoms with Crippen LogP contribution in [0.25, 0.3) is 0 Å². The Kier molecular flexibility index (Phi) is 6.45. The number of hydrogen-bond acceptors (Lipinski definition) is 6. The Labute approximate surface area is 129 Å². The van der Waals surface area contributed by atoms with Gasteiger partial charge in [-0.15, -0.1) is 12.4 Å². The third kappa shape index (κ3) is 4.09. The van der Waals surface area contributed by atoms with Gasteiger partial charge in [0.15, 0.2) is 0 Å². The summed E-state index contributed by atoms with van der Waals surface area (Å²) in [5.74, 6) is -0.931. The SMILES string of the molecule is COC(=O)c1cc(C(=O)OC)cc(N2CCNCC2)c1.Cl. The number of carbonyl (C=O) groups excluding carboxylic acids is 2. The molecule has 0 spiro atoms. The van der Waals surface area contributed by atoms with Crippen molar-refractivity contribution in [1.29, 1.82) is 0 Å². The van der Waals surface area contributed by atoms with Gasteiger partial charge in [-0.2, -0.15) is 0 Å². The Balaban J connectivity index is 0.00000220. The lowest BCUT2D eigenvalue weighted by molar-refractivity contribution is 0.0599. The van der Waals surface area contributed by atoms with E-state index in [4.69, 9.17) is 9.47 Å². The standard InChI is InChI=1S/C14H18N2O4.ClH/c1-19-13(17)10-7-11(14(18)20-2)9-12(8-10)16-5-3-15-4-6-16;/h7-9,15H,3-6H2,1-2H3;1H. The Morgan fingerprint density at radius 1 is 1.00 bits per heavy atom. The quantitative estimate of drug-likeness (QED) is 0.843. The molecule has 7 heteroatoms. The van der Waals surface area contributed by atoms with E-state index in [-0.39, 0.29) is 12.4 Å². The van der Waals surface area contributed by atoms with Crippen molar-refractivity contribution in [3.05, 3.63) is 29.3 Å². The predicted octanol–water partition coefficient (Wildman–Crippen LogP) is 1.09. The molecule has 0 bridgehead atoms. The topological polar surface area (TPSA) is 67.9 Å². The van der Waals surface area contributed by atoms with E-state index >= 15 is 0 Å². The fourth-order valence-electron chi connectivity index (χ4n) is 2.19. The van der Waals surface area contributed by atoms with E-state index in [0.29, 0.717) is 11.1 Å². The van der Waals surface area contributed by atoms with Gasteiger partial charge < -0.3 is 19.7 Å². The summed E-state index contributed by atoms with van der Waals surface area (Å²) in [6.45, 7) is 3.39. The van der Waals surface area contributed by atoms with Gasteiger partial charge in [-0.3, -0.25) is 0 Å². The molecule has 21 heavy (non-hydrogen) atoms. The van der Waals surface area contributed by atoms with Crippen LogP contribution in [-0.4, -0.2) is 52.3 Å². The van der Waals surface area contributed by atoms with E-state index in [9.17, 15) is 9.59 Å². The number of anilines is 1. The average Bonchev–Trinajstić information content (AvgIpc) is 2.53. The first kappa shape index (κ1) is 17.3. The Morgan fingerprint density at radius 3 is 1.90 bits per heavy atom. The number of carbonyl (C=O) groups is 2. The third-order valence-electron chi connectivity index (χ3n) is 3.24. The molecule has 0 amide bonds. The summed E-state index contributed by atoms with van der Waals surface area (Å²) in [5.41, 5.74) is 1.53. The summed E-state index contributed by atoms with van der Waals surface area (Å²) in [5, 5.41) is 3.26. The van der Waals surface area contributed by atoms with E-state index in [0.717, 1.165) is 31.9 Å². The van der Waals surface area contributed by atoms with Gasteiger partial charge in [0, 0.05) is 31.9 Å². The van der Waals surface area contributed by atoms with Crippen LogP contribution in [0.15, 0.2) is 18.2 Å². The molecule has 116 valence electrons. The van der Waals surface area contributed by atoms with Crippen molar-refractivity contribution >= 4 is 30.0 Å². The smallest absolute Gasteiger partial charge is 0.337 e. The molecule has 0 aromatic heterocycles. The first-order chi connectivity index (χ1) is 9.65. The molecular weight excluding hydrogens is 296 g/mol. The minimum atomic E-state index is -0.466. The van der Waals surface area contributed by atoms with Crippen LogP contribution in [0.4, 0.5) is 5.69 Å². The van der Waals surface area contributed by atoms with Crippen LogP contribution in [0.1, 0.15) is 20.7 Å². The van der Waals surface area contributed by atoms with Gasteiger partial charge in [0.25, 0.3) is 0 Å². The summed E-state index contributed by atoms with van der Waals surface area (Å²) in [6.07, 6.45) is 0. The lowest BCUT2D eigenvalue weighted by Crippen LogP contribution is -2.43. The second-order valence-electron chi connectivity index (χ2n) is 4.49. The molecule has 1 N–H and O–H groups in total. The average molecular weight is 315 g/mol. The largest absolute Gasteiger partial charge is 0.465 e. The van der Waals surface area contributed by atoms with E-state index < -0.39 is 11.9 Å². The molecule has 0 radical (unpaired) electrons. The van der Waals surface area contributed by atoms with Crippen molar-refractivity contribution in [1.82, 2.24) is 5.32 Å². The molecule has 1 aliphatic heterocycles. The highest BCUT2D eigenvalue weighted by atomic mass is 35.5. The molecule has 1 saturated heterocycles. The maximum absolute atomic E-state index is 11.7. The molecule has 0 saturated carbocycles. The molecule has 1 aliphatic rings. The zero-order valence-corrected chi connectivity index (χ0v) is 12.9. The molecule has 2 rings (SSSR count). The van der Waals surface area contributed by atoms with E-state index in [2.05, 4.69) is 10.2 Å². The molecule has 6 nitrogen and oxygen atoms in total. The van der Waals surface area contributed by atoms with Crippen molar-refractivity contribution in [2.75, 3.05) is 45.3 Å². The van der Waals surface area contributed by atoms with Gasteiger partial charge >= 0.3 is 11.9 Å². The van der Waals surface area contributed by atoms with Crippen molar-refractivity contribution in [3.63, 3.8) is 0 Å². The molecule has 0 aliphatic carbocycles. The molecule has 1 fully saturated rings. The Hall–Kier alpha value is -1.79. The van der Waals surface area contributed by atoms with Crippen LogP contribution in [0.5, 0.6) is 0 Å². The van der Waals surface area contributed by atoms with Crippen LogP contribution >= 0.6 is 12.4 Å². The molecular formula is C14H19ClN2O4. The fraction of sp³-hybridized carbons (Fsp3) is 0.429. The Morgan fingerprint density at radius 2 is 1.48 bits per heavy atom. The summed E-state index contributed by atoms with van der Waals surface area (Å²) >= 11 is 0. The first-order valence-corrected chi connectivity index (χ1v) is 6.43. The number of nitrogens with one attached hydrogen (secondary N) is 1. The summed E-state index contributed by atoms with van der Waals surface area (Å²) < 4.78 is 9.45. The van der Waals surface area contributed by atoms with Crippen molar-refractivity contribution in [2.45, 2.75) is 0 Å².